The van der Waals surface area contributed by atoms with Gasteiger partial charge in [-0.1, -0.05) is 17.7 Å². The number of carbonyl (C=O) groups excluding carboxylic acids is 1. The summed E-state index contributed by atoms with van der Waals surface area (Å²) in [6.45, 7) is 3.68. The van der Waals surface area contributed by atoms with E-state index in [2.05, 4.69) is 26.1 Å². The molecule has 0 aliphatic heterocycles. The number of ether oxygens (including phenoxy) is 1. The van der Waals surface area contributed by atoms with E-state index in [1.807, 2.05) is 26.0 Å². The van der Waals surface area contributed by atoms with Gasteiger partial charge in [-0.05, 0) is 53.5 Å². The highest BCUT2D eigenvalue weighted by atomic mass is 79.9. The summed E-state index contributed by atoms with van der Waals surface area (Å²) in [5.74, 6) is 0.447. The van der Waals surface area contributed by atoms with Gasteiger partial charge in [0.2, 0.25) is 0 Å². The summed E-state index contributed by atoms with van der Waals surface area (Å²) in [6, 6.07) is 9.03. The summed E-state index contributed by atoms with van der Waals surface area (Å²) >= 11 is 3.20. The average molecular weight is 377 g/mol. The number of benzene rings is 1. The van der Waals surface area contributed by atoms with E-state index in [9.17, 15) is 4.79 Å². The van der Waals surface area contributed by atoms with Crippen LogP contribution < -0.4 is 0 Å². The van der Waals surface area contributed by atoms with Gasteiger partial charge in [-0.3, -0.25) is 0 Å². The molecule has 3 rings (SSSR count). The number of aromatic nitrogens is 2. The Kier molecular flexibility index (Phi) is 4.29. The fraction of sp³-hybridized carbons (Fsp3) is 0.188. The van der Waals surface area contributed by atoms with Crippen LogP contribution in [-0.2, 0) is 11.3 Å². The molecule has 0 aliphatic rings. The summed E-state index contributed by atoms with van der Waals surface area (Å²) < 4.78 is 16.5. The van der Waals surface area contributed by atoms with Crippen molar-refractivity contribution >= 4 is 21.9 Å². The van der Waals surface area contributed by atoms with Gasteiger partial charge in [-0.15, -0.1) is 10.2 Å². The molecule has 0 atom stereocenters. The molecular weight excluding hydrogens is 364 g/mol. The number of hydrogen-bond donors (Lipinski definition) is 0. The second kappa shape index (κ2) is 6.37. The lowest BCUT2D eigenvalue weighted by atomic mass is 10.1. The van der Waals surface area contributed by atoms with E-state index in [0.717, 1.165) is 11.1 Å². The van der Waals surface area contributed by atoms with E-state index < -0.39 is 5.97 Å². The highest BCUT2D eigenvalue weighted by Gasteiger charge is 2.15. The third-order valence-corrected chi connectivity index (χ3v) is 3.62. The molecule has 0 aliphatic carbocycles. The van der Waals surface area contributed by atoms with Crippen molar-refractivity contribution in [2.24, 2.45) is 0 Å². The highest BCUT2D eigenvalue weighted by Crippen LogP contribution is 2.24. The Morgan fingerprint density at radius 2 is 2.00 bits per heavy atom. The lowest BCUT2D eigenvalue weighted by Crippen LogP contribution is -2.07. The Morgan fingerprint density at radius 3 is 2.74 bits per heavy atom. The average Bonchev–Trinajstić information content (AvgIpc) is 3.16. The molecule has 0 saturated carbocycles. The molecule has 2 heterocycles. The summed E-state index contributed by atoms with van der Waals surface area (Å²) in [5.41, 5.74) is 2.37. The maximum absolute atomic E-state index is 12.1. The molecule has 0 unspecified atom stereocenters. The number of carbonyl (C=O) groups is 1. The summed E-state index contributed by atoms with van der Waals surface area (Å²) in [4.78, 5) is 12.1. The van der Waals surface area contributed by atoms with Gasteiger partial charge in [0.05, 0.1) is 5.56 Å². The van der Waals surface area contributed by atoms with Gasteiger partial charge in [0.15, 0.2) is 17.0 Å². The van der Waals surface area contributed by atoms with Crippen LogP contribution in [0.3, 0.4) is 0 Å². The molecular formula is C16H13BrN2O4. The van der Waals surface area contributed by atoms with Gasteiger partial charge in [-0.2, -0.15) is 0 Å². The fourth-order valence-corrected chi connectivity index (χ4v) is 2.31. The number of rotatable bonds is 4. The van der Waals surface area contributed by atoms with Crippen molar-refractivity contribution in [2.45, 2.75) is 20.5 Å². The number of furan rings is 1. The quantitative estimate of drug-likeness (QED) is 0.638. The van der Waals surface area contributed by atoms with E-state index in [-0.39, 0.29) is 18.4 Å². The Morgan fingerprint density at radius 1 is 1.17 bits per heavy atom. The van der Waals surface area contributed by atoms with Crippen molar-refractivity contribution in [3.8, 4) is 11.7 Å². The van der Waals surface area contributed by atoms with E-state index in [1.165, 1.54) is 0 Å². The molecule has 23 heavy (non-hydrogen) atoms. The van der Waals surface area contributed by atoms with Gasteiger partial charge >= 0.3 is 5.97 Å². The lowest BCUT2D eigenvalue weighted by molar-refractivity contribution is 0.0437. The standard InChI is InChI=1S/C16H13BrN2O4/c1-9-3-4-10(2)11(7-9)16(20)21-8-14-18-19-15(23-14)12-5-6-13(17)22-12/h3-7H,8H2,1-2H3. The molecule has 0 bridgehead atoms. The fourth-order valence-electron chi connectivity index (χ4n) is 2.00. The van der Waals surface area contributed by atoms with Gasteiger partial charge in [-0.25, -0.2) is 4.79 Å². The molecule has 7 heteroatoms. The largest absolute Gasteiger partial charge is 0.452 e. The van der Waals surface area contributed by atoms with Crippen LogP contribution in [0.4, 0.5) is 0 Å². The molecule has 0 radical (unpaired) electrons. The Hall–Kier alpha value is -2.41. The van der Waals surface area contributed by atoms with E-state index in [0.29, 0.717) is 16.0 Å². The van der Waals surface area contributed by atoms with Gasteiger partial charge < -0.3 is 13.6 Å². The molecule has 118 valence electrons. The van der Waals surface area contributed by atoms with Crippen LogP contribution in [0.15, 0.2) is 43.8 Å². The van der Waals surface area contributed by atoms with Crippen molar-refractivity contribution in [2.75, 3.05) is 0 Å². The third-order valence-electron chi connectivity index (χ3n) is 3.19. The first kappa shape index (κ1) is 15.5. The SMILES string of the molecule is Cc1ccc(C)c(C(=O)OCc2nnc(-c3ccc(Br)o3)o2)c1. The van der Waals surface area contributed by atoms with Crippen molar-refractivity contribution in [3.63, 3.8) is 0 Å². The zero-order valence-corrected chi connectivity index (χ0v) is 14.1. The third kappa shape index (κ3) is 3.50. The van der Waals surface area contributed by atoms with Crippen LogP contribution in [0.2, 0.25) is 0 Å². The van der Waals surface area contributed by atoms with Crippen LogP contribution in [0.5, 0.6) is 0 Å². The van der Waals surface area contributed by atoms with Crippen molar-refractivity contribution in [1.82, 2.24) is 10.2 Å². The number of aryl methyl sites for hydroxylation is 2. The minimum absolute atomic E-state index is 0.0961. The second-order valence-electron chi connectivity index (χ2n) is 5.00. The molecule has 1 aromatic carbocycles. The van der Waals surface area contributed by atoms with Gasteiger partial charge in [0, 0.05) is 0 Å². The van der Waals surface area contributed by atoms with Crippen LogP contribution in [0.25, 0.3) is 11.7 Å². The zero-order valence-electron chi connectivity index (χ0n) is 12.5. The number of esters is 1. The molecule has 6 nitrogen and oxygen atoms in total. The highest BCUT2D eigenvalue weighted by molar-refractivity contribution is 9.10. The second-order valence-corrected chi connectivity index (χ2v) is 5.78. The first-order valence-corrected chi connectivity index (χ1v) is 7.64. The number of hydrogen-bond acceptors (Lipinski definition) is 6. The monoisotopic (exact) mass is 376 g/mol. The lowest BCUT2D eigenvalue weighted by Gasteiger charge is -2.06. The number of nitrogens with zero attached hydrogens (tertiary/aromatic N) is 2. The normalized spacial score (nSPS) is 10.7. The molecule has 0 saturated heterocycles. The van der Waals surface area contributed by atoms with Crippen molar-refractivity contribution in [1.29, 1.82) is 0 Å². The van der Waals surface area contributed by atoms with Crippen LogP contribution in [0, 0.1) is 13.8 Å². The van der Waals surface area contributed by atoms with Crippen molar-refractivity contribution in [3.05, 3.63) is 57.6 Å². The zero-order chi connectivity index (χ0) is 16.4. The summed E-state index contributed by atoms with van der Waals surface area (Å²) in [6.07, 6.45) is 0. The van der Waals surface area contributed by atoms with Crippen LogP contribution >= 0.6 is 15.9 Å². The topological polar surface area (TPSA) is 78.4 Å². The first-order chi connectivity index (χ1) is 11.0. The van der Waals surface area contributed by atoms with E-state index in [1.54, 1.807) is 18.2 Å². The number of halogens is 1. The molecule has 3 aromatic rings. The molecule has 2 aromatic heterocycles. The summed E-state index contributed by atoms with van der Waals surface area (Å²) in [5, 5.41) is 7.70. The van der Waals surface area contributed by atoms with Gasteiger partial charge in [0.1, 0.15) is 0 Å². The summed E-state index contributed by atoms with van der Waals surface area (Å²) in [7, 11) is 0. The maximum Gasteiger partial charge on any atom is 0.338 e. The van der Waals surface area contributed by atoms with Crippen molar-refractivity contribution < 1.29 is 18.4 Å². The smallest absolute Gasteiger partial charge is 0.338 e. The molecule has 0 fully saturated rings. The van der Waals surface area contributed by atoms with E-state index in [4.69, 9.17) is 13.6 Å². The molecule has 0 amide bonds. The first-order valence-electron chi connectivity index (χ1n) is 6.85. The Labute approximate surface area is 140 Å². The predicted molar refractivity (Wildman–Crippen MR) is 84.7 cm³/mol. The Balaban J connectivity index is 1.68. The van der Waals surface area contributed by atoms with Gasteiger partial charge in [0.25, 0.3) is 11.8 Å². The van der Waals surface area contributed by atoms with Crippen LogP contribution in [-0.4, -0.2) is 16.2 Å². The maximum atomic E-state index is 12.1. The van der Waals surface area contributed by atoms with Crippen LogP contribution in [0.1, 0.15) is 27.4 Å². The minimum atomic E-state index is -0.424. The predicted octanol–water partition coefficient (Wildman–Crippen LogP) is 4.07. The molecule has 0 N–H and O–H groups in total. The minimum Gasteiger partial charge on any atom is -0.452 e. The van der Waals surface area contributed by atoms with E-state index >= 15 is 0 Å². The molecule has 0 spiro atoms. The Bertz CT molecular complexity index is 853.